The van der Waals surface area contributed by atoms with Gasteiger partial charge in [-0.05, 0) is 63.3 Å². The molecule has 0 heterocycles. The van der Waals surface area contributed by atoms with Crippen LogP contribution in [0, 0.1) is 19.8 Å². The highest BCUT2D eigenvalue weighted by atomic mass is 16.5. The molecule has 0 aliphatic carbocycles. The lowest BCUT2D eigenvalue weighted by molar-refractivity contribution is -0.137. The molecule has 22 heavy (non-hydrogen) atoms. The van der Waals surface area contributed by atoms with Crippen LogP contribution < -0.4 is 10.1 Å². The number of nitrogens with one attached hydrogen (secondary N) is 1. The average molecular weight is 307 g/mol. The maximum absolute atomic E-state index is 12.6. The molecule has 0 saturated carbocycles. The van der Waals surface area contributed by atoms with Crippen molar-refractivity contribution in [3.63, 3.8) is 0 Å². The first-order valence-electron chi connectivity index (χ1n) is 7.84. The van der Waals surface area contributed by atoms with Gasteiger partial charge < -0.3 is 14.8 Å². The summed E-state index contributed by atoms with van der Waals surface area (Å²) in [6.45, 7) is 12.5. The normalized spacial score (nSPS) is 13.8. The zero-order valence-electron chi connectivity index (χ0n) is 14.9. The highest BCUT2D eigenvalue weighted by Crippen LogP contribution is 2.29. The zero-order chi connectivity index (χ0) is 16.9. The predicted molar refractivity (Wildman–Crippen MR) is 90.6 cm³/mol. The molecule has 4 nitrogen and oxygen atoms in total. The summed E-state index contributed by atoms with van der Waals surface area (Å²) in [5.41, 5.74) is 1.98. The van der Waals surface area contributed by atoms with Gasteiger partial charge in [0.05, 0.1) is 6.61 Å². The van der Waals surface area contributed by atoms with Crippen molar-refractivity contribution in [2.45, 2.75) is 53.6 Å². The van der Waals surface area contributed by atoms with Crippen LogP contribution in [-0.4, -0.2) is 25.2 Å². The van der Waals surface area contributed by atoms with Crippen LogP contribution in [0.3, 0.4) is 0 Å². The Kier molecular flexibility index (Phi) is 6.42. The number of hydrogen-bond acceptors (Lipinski definition) is 3. The number of amides is 1. The lowest BCUT2D eigenvalue weighted by Gasteiger charge is -2.28. The van der Waals surface area contributed by atoms with Crippen molar-refractivity contribution >= 4 is 11.6 Å². The summed E-state index contributed by atoms with van der Waals surface area (Å²) in [5.74, 6) is 1.14. The molecule has 1 N–H and O–H groups in total. The first kappa shape index (κ1) is 18.5. The summed E-state index contributed by atoms with van der Waals surface area (Å²) >= 11 is 0. The lowest BCUT2D eigenvalue weighted by Crippen LogP contribution is -2.43. The molecule has 1 aromatic rings. The largest absolute Gasteiger partial charge is 0.493 e. The number of benzene rings is 1. The number of ether oxygens (including phenoxy) is 2. The molecule has 1 aromatic carbocycles. The van der Waals surface area contributed by atoms with Crippen LogP contribution in [0.5, 0.6) is 5.75 Å². The SMILES string of the molecule is CCOc1c(C)cc(NC(=O)C(C)(CC(C)C)OC)cc1C. The lowest BCUT2D eigenvalue weighted by atomic mass is 9.93. The van der Waals surface area contributed by atoms with Crippen LogP contribution in [0.4, 0.5) is 5.69 Å². The Hall–Kier alpha value is -1.55. The maximum atomic E-state index is 12.6. The van der Waals surface area contributed by atoms with Gasteiger partial charge in [-0.1, -0.05) is 13.8 Å². The smallest absolute Gasteiger partial charge is 0.256 e. The number of aryl methyl sites for hydroxylation is 2. The summed E-state index contributed by atoms with van der Waals surface area (Å²) in [6, 6.07) is 3.86. The fraction of sp³-hybridized carbons (Fsp3) is 0.611. The molecule has 0 bridgehead atoms. The molecule has 0 spiro atoms. The van der Waals surface area contributed by atoms with Gasteiger partial charge in [-0.3, -0.25) is 4.79 Å². The predicted octanol–water partition coefficient (Wildman–Crippen LogP) is 4.09. The van der Waals surface area contributed by atoms with Gasteiger partial charge >= 0.3 is 0 Å². The standard InChI is InChI=1S/C18H29NO3/c1-8-22-16-13(4)9-15(10-14(16)5)19-17(20)18(6,21-7)11-12(2)3/h9-10,12H,8,11H2,1-7H3,(H,19,20). The van der Waals surface area contributed by atoms with E-state index >= 15 is 0 Å². The van der Waals surface area contributed by atoms with Crippen LogP contribution in [0.25, 0.3) is 0 Å². The Balaban J connectivity index is 2.97. The maximum Gasteiger partial charge on any atom is 0.256 e. The first-order valence-corrected chi connectivity index (χ1v) is 7.84. The molecule has 0 aliphatic rings. The van der Waals surface area contributed by atoms with E-state index in [2.05, 4.69) is 19.2 Å². The number of carbonyl (C=O) groups excluding carboxylic acids is 1. The van der Waals surface area contributed by atoms with Crippen molar-refractivity contribution < 1.29 is 14.3 Å². The fourth-order valence-electron chi connectivity index (χ4n) is 2.71. The van der Waals surface area contributed by atoms with E-state index in [0.717, 1.165) is 22.6 Å². The third-order valence-corrected chi connectivity index (χ3v) is 3.74. The van der Waals surface area contributed by atoms with E-state index in [0.29, 0.717) is 18.9 Å². The molecule has 0 radical (unpaired) electrons. The Morgan fingerprint density at radius 2 is 1.82 bits per heavy atom. The highest BCUT2D eigenvalue weighted by Gasteiger charge is 2.34. The van der Waals surface area contributed by atoms with Gasteiger partial charge in [0.1, 0.15) is 11.4 Å². The molecule has 124 valence electrons. The first-order chi connectivity index (χ1) is 10.2. The van der Waals surface area contributed by atoms with Gasteiger partial charge in [-0.2, -0.15) is 0 Å². The summed E-state index contributed by atoms with van der Waals surface area (Å²) < 4.78 is 11.1. The van der Waals surface area contributed by atoms with Crippen LogP contribution in [0.15, 0.2) is 12.1 Å². The molecule has 4 heteroatoms. The molecular weight excluding hydrogens is 278 g/mol. The topological polar surface area (TPSA) is 47.6 Å². The van der Waals surface area contributed by atoms with Crippen LogP contribution >= 0.6 is 0 Å². The summed E-state index contributed by atoms with van der Waals surface area (Å²) in [5, 5.41) is 2.97. The van der Waals surface area contributed by atoms with Gasteiger partial charge in [0, 0.05) is 12.8 Å². The molecular formula is C18H29NO3. The van der Waals surface area contributed by atoms with Crippen molar-refractivity contribution in [2.24, 2.45) is 5.92 Å². The number of methoxy groups -OCH3 is 1. The van der Waals surface area contributed by atoms with Gasteiger partial charge in [0.2, 0.25) is 0 Å². The van der Waals surface area contributed by atoms with E-state index in [9.17, 15) is 4.79 Å². The molecule has 1 rings (SSSR count). The molecule has 1 unspecified atom stereocenters. The summed E-state index contributed by atoms with van der Waals surface area (Å²) in [7, 11) is 1.58. The van der Waals surface area contributed by atoms with E-state index in [1.54, 1.807) is 7.11 Å². The third kappa shape index (κ3) is 4.47. The third-order valence-electron chi connectivity index (χ3n) is 3.74. The Labute approximate surface area is 134 Å². The number of rotatable bonds is 7. The van der Waals surface area contributed by atoms with Crippen LogP contribution in [0.2, 0.25) is 0 Å². The van der Waals surface area contributed by atoms with E-state index < -0.39 is 5.60 Å². The molecule has 0 aliphatic heterocycles. The Morgan fingerprint density at radius 1 is 1.27 bits per heavy atom. The van der Waals surface area contributed by atoms with Crippen molar-refractivity contribution in [3.8, 4) is 5.75 Å². The highest BCUT2D eigenvalue weighted by molar-refractivity contribution is 5.97. The minimum absolute atomic E-state index is 0.119. The van der Waals surface area contributed by atoms with E-state index in [1.165, 1.54) is 0 Å². The minimum atomic E-state index is -0.825. The molecule has 0 aromatic heterocycles. The zero-order valence-corrected chi connectivity index (χ0v) is 14.9. The van der Waals surface area contributed by atoms with Crippen molar-refractivity contribution in [1.82, 2.24) is 0 Å². The van der Waals surface area contributed by atoms with E-state index in [4.69, 9.17) is 9.47 Å². The number of carbonyl (C=O) groups is 1. The van der Waals surface area contributed by atoms with Crippen molar-refractivity contribution in [1.29, 1.82) is 0 Å². The fourth-order valence-corrected chi connectivity index (χ4v) is 2.71. The quantitative estimate of drug-likeness (QED) is 0.825. The second-order valence-electron chi connectivity index (χ2n) is 6.36. The van der Waals surface area contributed by atoms with Gasteiger partial charge in [-0.15, -0.1) is 0 Å². The van der Waals surface area contributed by atoms with Gasteiger partial charge in [0.25, 0.3) is 5.91 Å². The number of anilines is 1. The van der Waals surface area contributed by atoms with Crippen LogP contribution in [-0.2, 0) is 9.53 Å². The minimum Gasteiger partial charge on any atom is -0.493 e. The Morgan fingerprint density at radius 3 is 2.23 bits per heavy atom. The van der Waals surface area contributed by atoms with Crippen LogP contribution in [0.1, 0.15) is 45.2 Å². The second kappa shape index (κ2) is 7.63. The number of hydrogen-bond donors (Lipinski definition) is 1. The Bertz CT molecular complexity index is 502. The van der Waals surface area contributed by atoms with Crippen molar-refractivity contribution in [3.05, 3.63) is 23.3 Å². The van der Waals surface area contributed by atoms with Gasteiger partial charge in [0.15, 0.2) is 0 Å². The second-order valence-corrected chi connectivity index (χ2v) is 6.36. The monoisotopic (exact) mass is 307 g/mol. The van der Waals surface area contributed by atoms with E-state index in [1.807, 2.05) is 39.8 Å². The summed E-state index contributed by atoms with van der Waals surface area (Å²) in [6.07, 6.45) is 0.671. The molecule has 0 saturated heterocycles. The van der Waals surface area contributed by atoms with Gasteiger partial charge in [-0.25, -0.2) is 0 Å². The van der Waals surface area contributed by atoms with Crippen molar-refractivity contribution in [2.75, 3.05) is 19.0 Å². The molecule has 1 amide bonds. The summed E-state index contributed by atoms with van der Waals surface area (Å²) in [4.78, 5) is 12.6. The van der Waals surface area contributed by atoms with E-state index in [-0.39, 0.29) is 5.91 Å². The average Bonchev–Trinajstić information content (AvgIpc) is 2.42. The molecule has 1 atom stereocenters. The molecule has 0 fully saturated rings.